The Balaban J connectivity index is 2.04. The first-order valence-corrected chi connectivity index (χ1v) is 9.20. The van der Waals surface area contributed by atoms with Crippen molar-refractivity contribution in [1.82, 2.24) is 19.5 Å². The summed E-state index contributed by atoms with van der Waals surface area (Å²) in [4.78, 5) is 23.3. The molecule has 3 rings (SSSR count). The van der Waals surface area contributed by atoms with Crippen molar-refractivity contribution in [3.8, 4) is 0 Å². The molecule has 126 valence electrons. The summed E-state index contributed by atoms with van der Waals surface area (Å²) in [5, 5.41) is 0.117. The summed E-state index contributed by atoms with van der Waals surface area (Å²) in [7, 11) is 0. The van der Waals surface area contributed by atoms with Gasteiger partial charge in [0.15, 0.2) is 11.5 Å². The lowest BCUT2D eigenvalue weighted by Gasteiger charge is -2.09. The summed E-state index contributed by atoms with van der Waals surface area (Å²) in [6, 6.07) is 9.51. The minimum absolute atomic E-state index is 0.109. The van der Waals surface area contributed by atoms with E-state index in [-0.39, 0.29) is 16.7 Å². The van der Waals surface area contributed by atoms with E-state index in [2.05, 4.69) is 15.0 Å². The van der Waals surface area contributed by atoms with Crippen LogP contribution in [0, 0.1) is 0 Å². The third-order valence-corrected chi connectivity index (χ3v) is 5.00. The highest BCUT2D eigenvalue weighted by molar-refractivity contribution is 7.91. The molecule has 2 aromatic heterocycles. The van der Waals surface area contributed by atoms with Crippen LogP contribution < -0.4 is 11.4 Å². The van der Waals surface area contributed by atoms with Crippen molar-refractivity contribution in [3.63, 3.8) is 0 Å². The van der Waals surface area contributed by atoms with Crippen LogP contribution in [0.25, 0.3) is 11.2 Å². The van der Waals surface area contributed by atoms with Crippen molar-refractivity contribution in [3.05, 3.63) is 46.4 Å². The van der Waals surface area contributed by atoms with Crippen molar-refractivity contribution in [2.24, 2.45) is 0 Å². The standard InChI is InChI=1S/C15H16ClN5O2S/c16-7-4-8-24(23)14-19-12(17)11-13(20-14)21(15(22)18-11)9-10-5-2-1-3-6-10/h1-3,5-6H,4,7-9H2,(H,18,22)(H2,17,19,20). The molecule has 0 spiro atoms. The maximum absolute atomic E-state index is 12.3. The first-order valence-electron chi connectivity index (χ1n) is 7.34. The zero-order valence-corrected chi connectivity index (χ0v) is 14.3. The second-order valence-corrected chi connectivity index (χ2v) is 7.03. The zero-order chi connectivity index (χ0) is 17.1. The fourth-order valence-electron chi connectivity index (χ4n) is 2.32. The molecule has 3 aromatic rings. The molecule has 9 heteroatoms. The van der Waals surface area contributed by atoms with E-state index in [1.165, 1.54) is 4.57 Å². The number of aromatic nitrogens is 4. The summed E-state index contributed by atoms with van der Waals surface area (Å²) in [6.07, 6.45) is 0.583. The number of alkyl halides is 1. The molecule has 0 amide bonds. The molecule has 0 fully saturated rings. The molecule has 0 aliphatic carbocycles. The number of imidazole rings is 1. The van der Waals surface area contributed by atoms with Crippen molar-refractivity contribution in [2.75, 3.05) is 17.4 Å². The molecule has 1 unspecified atom stereocenters. The van der Waals surface area contributed by atoms with Crippen molar-refractivity contribution >= 4 is 39.8 Å². The summed E-state index contributed by atoms with van der Waals surface area (Å²) in [6.45, 7) is 0.337. The van der Waals surface area contributed by atoms with Crippen molar-refractivity contribution < 1.29 is 4.55 Å². The van der Waals surface area contributed by atoms with Gasteiger partial charge in [-0.1, -0.05) is 30.3 Å². The molecule has 0 saturated heterocycles. The summed E-state index contributed by atoms with van der Waals surface area (Å²) in [5.41, 5.74) is 7.22. The van der Waals surface area contributed by atoms with Crippen molar-refractivity contribution in [2.45, 2.75) is 18.1 Å². The first-order chi connectivity index (χ1) is 11.6. The number of aromatic amines is 1. The van der Waals surface area contributed by atoms with Crippen LogP contribution in [0.1, 0.15) is 12.0 Å². The van der Waals surface area contributed by atoms with Crippen LogP contribution in [0.5, 0.6) is 0 Å². The topological polar surface area (TPSA) is 113 Å². The number of fused-ring (bicyclic) bond motifs is 1. The third-order valence-electron chi connectivity index (χ3n) is 3.48. The van der Waals surface area contributed by atoms with E-state index in [9.17, 15) is 9.35 Å². The van der Waals surface area contributed by atoms with Crippen LogP contribution in [0.15, 0.2) is 40.3 Å². The highest BCUT2D eigenvalue weighted by Crippen LogP contribution is 2.18. The largest absolute Gasteiger partial charge is 0.609 e. The van der Waals surface area contributed by atoms with E-state index in [1.807, 2.05) is 30.3 Å². The van der Waals surface area contributed by atoms with Crippen LogP contribution >= 0.6 is 11.6 Å². The highest BCUT2D eigenvalue weighted by atomic mass is 35.5. The molecule has 1 atom stereocenters. The number of nitrogens with two attached hydrogens (primary N) is 1. The Morgan fingerprint density at radius 1 is 1.29 bits per heavy atom. The molecule has 2 heterocycles. The van der Waals surface area contributed by atoms with Gasteiger partial charge in [0.1, 0.15) is 11.3 Å². The lowest BCUT2D eigenvalue weighted by Crippen LogP contribution is -2.18. The second kappa shape index (κ2) is 7.25. The van der Waals surface area contributed by atoms with Gasteiger partial charge in [0, 0.05) is 23.5 Å². The number of nitrogen functional groups attached to an aromatic ring is 1. The molecule has 7 nitrogen and oxygen atoms in total. The van der Waals surface area contributed by atoms with E-state index >= 15 is 0 Å². The summed E-state index contributed by atoms with van der Waals surface area (Å²) in [5.74, 6) is 0.867. The second-order valence-electron chi connectivity index (χ2n) is 5.18. The Morgan fingerprint density at radius 3 is 2.75 bits per heavy atom. The number of nitrogens with one attached hydrogen (secondary N) is 1. The number of nitrogens with zero attached hydrogens (tertiary/aromatic N) is 3. The maximum atomic E-state index is 12.3. The number of hydrogen-bond donors (Lipinski definition) is 2. The number of anilines is 1. The number of benzene rings is 1. The van der Waals surface area contributed by atoms with Crippen LogP contribution in [-0.4, -0.2) is 35.7 Å². The minimum Gasteiger partial charge on any atom is -0.609 e. The average Bonchev–Trinajstić information content (AvgIpc) is 2.90. The monoisotopic (exact) mass is 365 g/mol. The van der Waals surface area contributed by atoms with Gasteiger partial charge in [0.05, 0.1) is 6.54 Å². The fraction of sp³-hybridized carbons (Fsp3) is 0.267. The smallest absolute Gasteiger partial charge is 0.346 e. The van der Waals surface area contributed by atoms with Gasteiger partial charge in [-0.25, -0.2) is 4.79 Å². The predicted molar refractivity (Wildman–Crippen MR) is 94.7 cm³/mol. The molecular formula is C15H16ClN5O2S. The van der Waals surface area contributed by atoms with Gasteiger partial charge < -0.3 is 15.3 Å². The maximum Gasteiger partial charge on any atom is 0.346 e. The molecule has 0 bridgehead atoms. The predicted octanol–water partition coefficient (Wildman–Crippen LogP) is 1.49. The van der Waals surface area contributed by atoms with Gasteiger partial charge in [0.2, 0.25) is 0 Å². The zero-order valence-electron chi connectivity index (χ0n) is 12.7. The van der Waals surface area contributed by atoms with Gasteiger partial charge in [-0.05, 0) is 5.56 Å². The van der Waals surface area contributed by atoms with Crippen LogP contribution in [0.2, 0.25) is 0 Å². The van der Waals surface area contributed by atoms with Crippen LogP contribution in [-0.2, 0) is 17.7 Å². The van der Waals surface area contributed by atoms with Crippen LogP contribution in [0.3, 0.4) is 0 Å². The SMILES string of the molecule is Nc1nc([S+]([O-])CCCCl)nc2c1[nH]c(=O)n2Cc1ccccc1. The molecule has 0 saturated carbocycles. The molecule has 3 N–H and O–H groups in total. The van der Waals surface area contributed by atoms with Gasteiger partial charge in [-0.3, -0.25) is 4.57 Å². The molecular weight excluding hydrogens is 350 g/mol. The number of hydrogen-bond acceptors (Lipinski definition) is 5. The average molecular weight is 366 g/mol. The lowest BCUT2D eigenvalue weighted by molar-refractivity contribution is 0.585. The first kappa shape index (κ1) is 16.8. The lowest BCUT2D eigenvalue weighted by atomic mass is 10.2. The van der Waals surface area contributed by atoms with E-state index in [0.717, 1.165) is 5.56 Å². The fourth-order valence-corrected chi connectivity index (χ4v) is 3.59. The Labute approximate surface area is 146 Å². The molecule has 0 radical (unpaired) electrons. The Kier molecular flexibility index (Phi) is 5.08. The summed E-state index contributed by atoms with van der Waals surface area (Å²) >= 11 is 4.22. The van der Waals surface area contributed by atoms with Gasteiger partial charge in [-0.15, -0.1) is 11.6 Å². The number of halogens is 1. The minimum atomic E-state index is -1.41. The Hall–Kier alpha value is -2.03. The van der Waals surface area contributed by atoms with E-state index in [4.69, 9.17) is 17.3 Å². The van der Waals surface area contributed by atoms with Gasteiger partial charge in [0.25, 0.3) is 0 Å². The van der Waals surface area contributed by atoms with E-state index in [0.29, 0.717) is 35.8 Å². The van der Waals surface area contributed by atoms with E-state index < -0.39 is 11.2 Å². The van der Waals surface area contributed by atoms with Crippen molar-refractivity contribution in [1.29, 1.82) is 0 Å². The Morgan fingerprint density at radius 2 is 2.04 bits per heavy atom. The normalized spacial score (nSPS) is 12.6. The van der Waals surface area contributed by atoms with E-state index in [1.54, 1.807) is 0 Å². The molecule has 24 heavy (non-hydrogen) atoms. The molecule has 1 aromatic carbocycles. The number of rotatable bonds is 6. The molecule has 0 aliphatic heterocycles. The Bertz CT molecular complexity index is 896. The summed E-state index contributed by atoms with van der Waals surface area (Å²) < 4.78 is 13.7. The number of H-pyrrole nitrogens is 1. The third kappa shape index (κ3) is 3.40. The van der Waals surface area contributed by atoms with Gasteiger partial charge in [-0.2, -0.15) is 9.97 Å². The highest BCUT2D eigenvalue weighted by Gasteiger charge is 2.20. The van der Waals surface area contributed by atoms with Gasteiger partial charge >= 0.3 is 10.8 Å². The van der Waals surface area contributed by atoms with Crippen LogP contribution in [0.4, 0.5) is 5.82 Å². The molecule has 0 aliphatic rings. The quantitative estimate of drug-likeness (QED) is 0.390.